The molecular formula is C21H19N3O5. The Labute approximate surface area is 166 Å². The van der Waals surface area contributed by atoms with Crippen molar-refractivity contribution in [2.24, 2.45) is 5.10 Å². The molecule has 3 rings (SSSR count). The van der Waals surface area contributed by atoms with Crippen molar-refractivity contribution in [2.75, 3.05) is 7.11 Å². The molecule has 8 heteroatoms. The van der Waals surface area contributed by atoms with E-state index in [-0.39, 0.29) is 11.4 Å². The number of fused-ring (bicyclic) bond motifs is 1. The lowest BCUT2D eigenvalue weighted by molar-refractivity contribution is -0.386. The first-order chi connectivity index (χ1) is 14.0. The number of carbonyl (C=O) groups is 1. The van der Waals surface area contributed by atoms with Gasteiger partial charge in [0.05, 0.1) is 18.2 Å². The molecular weight excluding hydrogens is 374 g/mol. The van der Waals surface area contributed by atoms with Crippen LogP contribution in [0.5, 0.6) is 11.5 Å². The van der Waals surface area contributed by atoms with Crippen LogP contribution in [-0.2, 0) is 4.79 Å². The fourth-order valence-corrected chi connectivity index (χ4v) is 2.79. The van der Waals surface area contributed by atoms with Crippen LogP contribution in [0.4, 0.5) is 5.69 Å². The molecule has 0 saturated carbocycles. The predicted molar refractivity (Wildman–Crippen MR) is 109 cm³/mol. The number of hydrogen-bond donors (Lipinski definition) is 1. The maximum absolute atomic E-state index is 12.2. The van der Waals surface area contributed by atoms with Crippen molar-refractivity contribution < 1.29 is 19.2 Å². The van der Waals surface area contributed by atoms with Gasteiger partial charge in [-0.2, -0.15) is 5.10 Å². The second kappa shape index (κ2) is 8.83. The third-order valence-electron chi connectivity index (χ3n) is 4.25. The van der Waals surface area contributed by atoms with Gasteiger partial charge in [-0.1, -0.05) is 36.4 Å². The van der Waals surface area contributed by atoms with Gasteiger partial charge < -0.3 is 9.47 Å². The number of methoxy groups -OCH3 is 1. The van der Waals surface area contributed by atoms with Gasteiger partial charge in [-0.05, 0) is 30.5 Å². The molecule has 0 aliphatic rings. The fraction of sp³-hybridized carbons (Fsp3) is 0.143. The van der Waals surface area contributed by atoms with Crippen LogP contribution in [0.15, 0.2) is 65.8 Å². The lowest BCUT2D eigenvalue weighted by Crippen LogP contribution is -2.33. The minimum absolute atomic E-state index is 0.0188. The van der Waals surface area contributed by atoms with Crippen molar-refractivity contribution in [1.29, 1.82) is 0 Å². The summed E-state index contributed by atoms with van der Waals surface area (Å²) in [4.78, 5) is 22.7. The van der Waals surface area contributed by atoms with Crippen LogP contribution in [0.2, 0.25) is 0 Å². The summed E-state index contributed by atoms with van der Waals surface area (Å²) in [6.07, 6.45) is 0.554. The largest absolute Gasteiger partial charge is 0.496 e. The first-order valence-electron chi connectivity index (χ1n) is 8.80. The van der Waals surface area contributed by atoms with Crippen LogP contribution < -0.4 is 14.9 Å². The smallest absolute Gasteiger partial charge is 0.310 e. The van der Waals surface area contributed by atoms with Crippen molar-refractivity contribution in [1.82, 2.24) is 5.43 Å². The Hall–Kier alpha value is -3.94. The molecule has 3 aromatic carbocycles. The van der Waals surface area contributed by atoms with E-state index >= 15 is 0 Å². The highest BCUT2D eigenvalue weighted by Gasteiger charge is 2.20. The zero-order chi connectivity index (χ0) is 20.8. The molecule has 0 aliphatic carbocycles. The number of ether oxygens (including phenoxy) is 2. The normalized spacial score (nSPS) is 11.9. The second-order valence-electron chi connectivity index (χ2n) is 6.12. The Kier molecular flexibility index (Phi) is 6.03. The average Bonchev–Trinajstić information content (AvgIpc) is 2.73. The van der Waals surface area contributed by atoms with Gasteiger partial charge in [-0.15, -0.1) is 0 Å². The van der Waals surface area contributed by atoms with Gasteiger partial charge in [0.15, 0.2) is 11.9 Å². The van der Waals surface area contributed by atoms with Crippen LogP contribution in [-0.4, -0.2) is 30.3 Å². The predicted octanol–water partition coefficient (Wildman–Crippen LogP) is 3.67. The van der Waals surface area contributed by atoms with Crippen LogP contribution in [0.3, 0.4) is 0 Å². The summed E-state index contributed by atoms with van der Waals surface area (Å²) in [6.45, 7) is 1.49. The first kappa shape index (κ1) is 19.8. The molecule has 148 valence electrons. The van der Waals surface area contributed by atoms with Crippen molar-refractivity contribution in [3.63, 3.8) is 0 Å². The maximum atomic E-state index is 12.2. The number of nitrogens with zero attached hydrogens (tertiary/aromatic N) is 2. The van der Waals surface area contributed by atoms with Gasteiger partial charge >= 0.3 is 5.69 Å². The molecule has 0 spiro atoms. The molecule has 0 aliphatic heterocycles. The monoisotopic (exact) mass is 393 g/mol. The lowest BCUT2D eigenvalue weighted by Gasteiger charge is -2.13. The molecule has 1 atom stereocenters. The summed E-state index contributed by atoms with van der Waals surface area (Å²) in [6, 6.07) is 17.2. The molecule has 1 amide bonds. The highest BCUT2D eigenvalue weighted by Crippen LogP contribution is 2.28. The number of nitrogens with one attached hydrogen (secondary N) is 1. The first-order valence-corrected chi connectivity index (χ1v) is 8.80. The van der Waals surface area contributed by atoms with Crippen LogP contribution >= 0.6 is 0 Å². The molecule has 0 bridgehead atoms. The van der Waals surface area contributed by atoms with Gasteiger partial charge in [0.25, 0.3) is 5.91 Å². The Bertz CT molecular complexity index is 1080. The minimum atomic E-state index is -0.971. The van der Waals surface area contributed by atoms with Crippen molar-refractivity contribution in [3.05, 3.63) is 76.3 Å². The fourth-order valence-electron chi connectivity index (χ4n) is 2.79. The number of nitro groups is 1. The summed E-state index contributed by atoms with van der Waals surface area (Å²) in [5, 5.41) is 16.9. The molecule has 29 heavy (non-hydrogen) atoms. The zero-order valence-electron chi connectivity index (χ0n) is 15.9. The van der Waals surface area contributed by atoms with Gasteiger partial charge in [0.2, 0.25) is 0 Å². The molecule has 1 unspecified atom stereocenters. The van der Waals surface area contributed by atoms with E-state index in [1.54, 1.807) is 13.2 Å². The van der Waals surface area contributed by atoms with Crippen LogP contribution in [0, 0.1) is 10.1 Å². The standard InChI is InChI=1S/C21H19N3O5/c1-14(29-20-10-6-5-9-18(20)24(26)27)21(25)23-22-13-15-11-12-19(28-2)17-8-4-3-7-16(15)17/h3-14H,1-2H3,(H,23,25)/b22-13+. The minimum Gasteiger partial charge on any atom is -0.496 e. The Balaban J connectivity index is 1.70. The van der Waals surface area contributed by atoms with Crippen molar-refractivity contribution in [3.8, 4) is 11.5 Å². The molecule has 0 aromatic heterocycles. The number of rotatable bonds is 7. The van der Waals surface area contributed by atoms with E-state index in [4.69, 9.17) is 9.47 Å². The molecule has 0 radical (unpaired) electrons. The van der Waals surface area contributed by atoms with E-state index in [0.717, 1.165) is 22.1 Å². The van der Waals surface area contributed by atoms with E-state index in [9.17, 15) is 14.9 Å². The van der Waals surface area contributed by atoms with Crippen molar-refractivity contribution >= 4 is 28.6 Å². The number of nitro benzene ring substituents is 1. The molecule has 3 aromatic rings. The van der Waals surface area contributed by atoms with Gasteiger partial charge in [0.1, 0.15) is 5.75 Å². The molecule has 0 fully saturated rings. The maximum Gasteiger partial charge on any atom is 0.310 e. The van der Waals surface area contributed by atoms with Crippen LogP contribution in [0.25, 0.3) is 10.8 Å². The summed E-state index contributed by atoms with van der Waals surface area (Å²) >= 11 is 0. The van der Waals surface area contributed by atoms with E-state index in [1.165, 1.54) is 31.3 Å². The Morgan fingerprint density at radius 1 is 1.07 bits per heavy atom. The average molecular weight is 393 g/mol. The number of amides is 1. The van der Waals surface area contributed by atoms with E-state index in [0.29, 0.717) is 0 Å². The number of hydrazone groups is 1. The highest BCUT2D eigenvalue weighted by molar-refractivity contribution is 6.02. The lowest BCUT2D eigenvalue weighted by atomic mass is 10.0. The molecule has 8 nitrogen and oxygen atoms in total. The summed E-state index contributed by atoms with van der Waals surface area (Å²) in [7, 11) is 1.61. The third kappa shape index (κ3) is 4.49. The summed E-state index contributed by atoms with van der Waals surface area (Å²) in [5.74, 6) is 0.232. The molecule has 1 N–H and O–H groups in total. The zero-order valence-corrected chi connectivity index (χ0v) is 15.9. The third-order valence-corrected chi connectivity index (χ3v) is 4.25. The Morgan fingerprint density at radius 2 is 1.76 bits per heavy atom. The number of hydrogen-bond acceptors (Lipinski definition) is 6. The highest BCUT2D eigenvalue weighted by atomic mass is 16.6. The number of benzene rings is 3. The van der Waals surface area contributed by atoms with E-state index in [1.807, 2.05) is 36.4 Å². The van der Waals surface area contributed by atoms with Crippen molar-refractivity contribution in [2.45, 2.75) is 13.0 Å². The van der Waals surface area contributed by atoms with E-state index < -0.39 is 16.9 Å². The number of para-hydroxylation sites is 2. The summed E-state index contributed by atoms with van der Waals surface area (Å²) < 4.78 is 10.8. The summed E-state index contributed by atoms with van der Waals surface area (Å²) in [5.41, 5.74) is 2.99. The SMILES string of the molecule is COc1ccc(/C=N/NC(=O)C(C)Oc2ccccc2[N+](=O)[O-])c2ccccc12. The molecule has 0 saturated heterocycles. The van der Waals surface area contributed by atoms with Gasteiger partial charge in [-0.25, -0.2) is 5.43 Å². The van der Waals surface area contributed by atoms with Gasteiger partial charge in [0, 0.05) is 17.0 Å². The van der Waals surface area contributed by atoms with E-state index in [2.05, 4.69) is 10.5 Å². The Morgan fingerprint density at radius 3 is 2.48 bits per heavy atom. The topological polar surface area (TPSA) is 103 Å². The van der Waals surface area contributed by atoms with Crippen LogP contribution in [0.1, 0.15) is 12.5 Å². The number of carbonyl (C=O) groups excluding carboxylic acids is 1. The van der Waals surface area contributed by atoms with Gasteiger partial charge in [-0.3, -0.25) is 14.9 Å². The second-order valence-corrected chi connectivity index (χ2v) is 6.12. The quantitative estimate of drug-likeness (QED) is 0.375. The molecule has 0 heterocycles.